The van der Waals surface area contributed by atoms with Crippen molar-refractivity contribution in [3.05, 3.63) is 71.2 Å². The third-order valence-electron chi connectivity index (χ3n) is 4.09. The monoisotopic (exact) mass is 410 g/mol. The molecule has 1 aromatic heterocycles. The Hall–Kier alpha value is -3.19. The van der Waals surface area contributed by atoms with Gasteiger partial charge in [-0.3, -0.25) is 4.79 Å². The Bertz CT molecular complexity index is 939. The van der Waals surface area contributed by atoms with Crippen molar-refractivity contribution in [1.82, 2.24) is 10.3 Å². The van der Waals surface area contributed by atoms with Crippen LogP contribution >= 0.6 is 11.3 Å². The highest BCUT2D eigenvalue weighted by molar-refractivity contribution is 7.13. The van der Waals surface area contributed by atoms with Crippen molar-refractivity contribution >= 4 is 23.2 Å². The first kappa shape index (κ1) is 20.5. The zero-order valence-electron chi connectivity index (χ0n) is 16.1. The van der Waals surface area contributed by atoms with Gasteiger partial charge < -0.3 is 14.8 Å². The third-order valence-corrected chi connectivity index (χ3v) is 4.98. The molecule has 0 spiro atoms. The van der Waals surface area contributed by atoms with Gasteiger partial charge in [-0.25, -0.2) is 9.78 Å². The molecule has 150 valence electrons. The van der Waals surface area contributed by atoms with Gasteiger partial charge in [0.25, 0.3) is 5.91 Å². The summed E-state index contributed by atoms with van der Waals surface area (Å²) in [7, 11) is 0. The standard InChI is InChI=1S/C22H22N2O4S/c1-2-16-8-10-17(11-9-16)21-24-19(15-29-21)22(26)28-14-20(25)23-12-13-27-18-6-4-3-5-7-18/h3-11,15H,2,12-14H2,1H3,(H,23,25). The van der Waals surface area contributed by atoms with Gasteiger partial charge >= 0.3 is 5.97 Å². The SMILES string of the molecule is CCc1ccc(-c2nc(C(=O)OCC(=O)NCCOc3ccccc3)cs2)cc1. The number of rotatable bonds is 9. The van der Waals surface area contributed by atoms with Crippen LogP contribution in [0.1, 0.15) is 23.0 Å². The van der Waals surface area contributed by atoms with E-state index in [2.05, 4.69) is 17.2 Å². The molecule has 0 radical (unpaired) electrons. The summed E-state index contributed by atoms with van der Waals surface area (Å²) < 4.78 is 10.5. The van der Waals surface area contributed by atoms with Crippen LogP contribution in [-0.2, 0) is 16.0 Å². The van der Waals surface area contributed by atoms with Crippen molar-refractivity contribution < 1.29 is 19.1 Å². The number of ether oxygens (including phenoxy) is 2. The number of benzene rings is 2. The van der Waals surface area contributed by atoms with Crippen LogP contribution in [0.4, 0.5) is 0 Å². The molecule has 3 rings (SSSR count). The van der Waals surface area contributed by atoms with Gasteiger partial charge in [-0.2, -0.15) is 0 Å². The van der Waals surface area contributed by atoms with E-state index >= 15 is 0 Å². The van der Waals surface area contributed by atoms with Crippen LogP contribution in [0.15, 0.2) is 60.0 Å². The number of carbonyl (C=O) groups excluding carboxylic acids is 2. The second kappa shape index (κ2) is 10.4. The number of nitrogens with one attached hydrogen (secondary N) is 1. The van der Waals surface area contributed by atoms with Crippen LogP contribution in [-0.4, -0.2) is 36.6 Å². The third kappa shape index (κ3) is 6.15. The Morgan fingerprint density at radius 2 is 1.83 bits per heavy atom. The lowest BCUT2D eigenvalue weighted by Crippen LogP contribution is -2.32. The molecule has 7 heteroatoms. The predicted molar refractivity (Wildman–Crippen MR) is 112 cm³/mol. The van der Waals surface area contributed by atoms with Crippen LogP contribution in [0.2, 0.25) is 0 Å². The number of hydrogen-bond donors (Lipinski definition) is 1. The van der Waals surface area contributed by atoms with Gasteiger partial charge in [0.2, 0.25) is 0 Å². The van der Waals surface area contributed by atoms with Crippen LogP contribution in [0, 0.1) is 0 Å². The number of amides is 1. The summed E-state index contributed by atoms with van der Waals surface area (Å²) in [5.74, 6) is -0.272. The maximum Gasteiger partial charge on any atom is 0.358 e. The molecule has 0 aliphatic carbocycles. The molecular formula is C22H22N2O4S. The smallest absolute Gasteiger partial charge is 0.358 e. The summed E-state index contributed by atoms with van der Waals surface area (Å²) in [5.41, 5.74) is 2.39. The molecule has 1 amide bonds. The lowest BCUT2D eigenvalue weighted by Gasteiger charge is -2.07. The van der Waals surface area contributed by atoms with Gasteiger partial charge in [-0.05, 0) is 24.1 Å². The Morgan fingerprint density at radius 1 is 1.07 bits per heavy atom. The van der Waals surface area contributed by atoms with E-state index in [9.17, 15) is 9.59 Å². The first-order valence-electron chi connectivity index (χ1n) is 9.32. The Morgan fingerprint density at radius 3 is 2.55 bits per heavy atom. The topological polar surface area (TPSA) is 77.5 Å². The lowest BCUT2D eigenvalue weighted by molar-refractivity contribution is -0.124. The molecule has 1 N–H and O–H groups in total. The number of aryl methyl sites for hydroxylation is 1. The van der Waals surface area contributed by atoms with E-state index in [1.54, 1.807) is 5.38 Å². The number of esters is 1. The van der Waals surface area contributed by atoms with Crippen LogP contribution in [0.3, 0.4) is 0 Å². The minimum Gasteiger partial charge on any atom is -0.492 e. The van der Waals surface area contributed by atoms with E-state index in [4.69, 9.17) is 9.47 Å². The minimum absolute atomic E-state index is 0.199. The Balaban J connectivity index is 1.40. The highest BCUT2D eigenvalue weighted by Crippen LogP contribution is 2.24. The molecule has 0 fully saturated rings. The van der Waals surface area contributed by atoms with E-state index in [1.165, 1.54) is 16.9 Å². The van der Waals surface area contributed by atoms with Crippen molar-refractivity contribution in [2.24, 2.45) is 0 Å². The quantitative estimate of drug-likeness (QED) is 0.430. The number of para-hydroxylation sites is 1. The van der Waals surface area contributed by atoms with Crippen LogP contribution in [0.5, 0.6) is 5.75 Å². The Labute approximate surface area is 173 Å². The molecule has 0 unspecified atom stereocenters. The fourth-order valence-electron chi connectivity index (χ4n) is 2.52. The molecule has 0 aliphatic heterocycles. The van der Waals surface area contributed by atoms with Crippen molar-refractivity contribution in [3.8, 4) is 16.3 Å². The number of nitrogens with zero attached hydrogens (tertiary/aromatic N) is 1. The maximum absolute atomic E-state index is 12.1. The lowest BCUT2D eigenvalue weighted by atomic mass is 10.1. The first-order chi connectivity index (χ1) is 14.2. The molecule has 29 heavy (non-hydrogen) atoms. The summed E-state index contributed by atoms with van der Waals surface area (Å²) in [6, 6.07) is 17.4. The molecule has 3 aromatic rings. The van der Waals surface area contributed by atoms with E-state index in [0.29, 0.717) is 13.2 Å². The van der Waals surface area contributed by atoms with E-state index in [-0.39, 0.29) is 18.2 Å². The Kier molecular flexibility index (Phi) is 7.35. The van der Waals surface area contributed by atoms with E-state index < -0.39 is 5.97 Å². The van der Waals surface area contributed by atoms with Gasteiger partial charge in [-0.15, -0.1) is 11.3 Å². The molecular weight excluding hydrogens is 388 g/mol. The molecule has 6 nitrogen and oxygen atoms in total. The second-order valence-electron chi connectivity index (χ2n) is 6.18. The second-order valence-corrected chi connectivity index (χ2v) is 7.03. The van der Waals surface area contributed by atoms with Gasteiger partial charge in [0.1, 0.15) is 17.4 Å². The van der Waals surface area contributed by atoms with Crippen molar-refractivity contribution in [2.75, 3.05) is 19.8 Å². The zero-order valence-corrected chi connectivity index (χ0v) is 16.9. The average Bonchev–Trinajstić information content (AvgIpc) is 3.26. The highest BCUT2D eigenvalue weighted by Gasteiger charge is 2.15. The fourth-order valence-corrected chi connectivity index (χ4v) is 3.31. The molecule has 0 atom stereocenters. The van der Waals surface area contributed by atoms with Gasteiger partial charge in [0.15, 0.2) is 12.3 Å². The normalized spacial score (nSPS) is 10.4. The van der Waals surface area contributed by atoms with Gasteiger partial charge in [0.05, 0.1) is 6.54 Å². The maximum atomic E-state index is 12.1. The van der Waals surface area contributed by atoms with Crippen molar-refractivity contribution in [3.63, 3.8) is 0 Å². The summed E-state index contributed by atoms with van der Waals surface area (Å²) in [6.45, 7) is 2.39. The summed E-state index contributed by atoms with van der Waals surface area (Å²) in [6.07, 6.45) is 0.968. The van der Waals surface area contributed by atoms with E-state index in [0.717, 1.165) is 22.7 Å². The molecule has 1 heterocycles. The molecule has 0 saturated carbocycles. The predicted octanol–water partition coefficient (Wildman–Crippen LogP) is 3.72. The fraction of sp³-hybridized carbons (Fsp3) is 0.227. The summed E-state index contributed by atoms with van der Waals surface area (Å²) in [5, 5.41) is 5.02. The summed E-state index contributed by atoms with van der Waals surface area (Å²) in [4.78, 5) is 28.3. The summed E-state index contributed by atoms with van der Waals surface area (Å²) >= 11 is 1.36. The first-order valence-corrected chi connectivity index (χ1v) is 10.2. The van der Waals surface area contributed by atoms with Gasteiger partial charge in [0, 0.05) is 10.9 Å². The van der Waals surface area contributed by atoms with Crippen LogP contribution < -0.4 is 10.1 Å². The van der Waals surface area contributed by atoms with Gasteiger partial charge in [-0.1, -0.05) is 49.4 Å². The molecule has 2 aromatic carbocycles. The van der Waals surface area contributed by atoms with Crippen LogP contribution in [0.25, 0.3) is 10.6 Å². The van der Waals surface area contributed by atoms with Crippen molar-refractivity contribution in [1.29, 1.82) is 0 Å². The number of carbonyl (C=O) groups is 2. The number of hydrogen-bond acceptors (Lipinski definition) is 6. The zero-order chi connectivity index (χ0) is 20.5. The molecule has 0 bridgehead atoms. The largest absolute Gasteiger partial charge is 0.492 e. The average molecular weight is 410 g/mol. The number of aromatic nitrogens is 1. The molecule has 0 aliphatic rings. The molecule has 0 saturated heterocycles. The number of thiazole rings is 1. The minimum atomic E-state index is -0.617. The van der Waals surface area contributed by atoms with E-state index in [1.807, 2.05) is 54.6 Å². The highest BCUT2D eigenvalue weighted by atomic mass is 32.1. The van der Waals surface area contributed by atoms with Crippen molar-refractivity contribution in [2.45, 2.75) is 13.3 Å².